The zero-order valence-corrected chi connectivity index (χ0v) is 14.0. The molecule has 7 nitrogen and oxygen atoms in total. The third-order valence-corrected chi connectivity index (χ3v) is 5.12. The predicted octanol–water partition coefficient (Wildman–Crippen LogP) is 0.747. The van der Waals surface area contributed by atoms with Gasteiger partial charge in [0.2, 0.25) is 5.95 Å². The monoisotopic (exact) mass is 349 g/mol. The molecule has 0 spiro atoms. The minimum Gasteiger partial charge on any atom is -0.389 e. The molecule has 24 heavy (non-hydrogen) atoms. The summed E-state index contributed by atoms with van der Waals surface area (Å²) < 4.78 is 5.36. The van der Waals surface area contributed by atoms with Gasteiger partial charge in [0, 0.05) is 37.8 Å². The first-order chi connectivity index (χ1) is 11.6. The molecule has 128 valence electrons. The summed E-state index contributed by atoms with van der Waals surface area (Å²) >= 11 is 6.46. The Labute approximate surface area is 145 Å². The van der Waals surface area contributed by atoms with E-state index in [1.165, 1.54) is 0 Å². The molecule has 0 unspecified atom stereocenters. The standard InChI is InChI=1S/C16H20ClN5O2/c17-11-5-10-7-19-16(18)20-12(10)6-13(11)21-1-3-22(4-2-21)14-8-24-9-15(14)23/h5-7,14-15,23H,1-4,8-9H2,(H2,18,19,20)/t14-,15+/m0/s1. The molecule has 0 saturated carbocycles. The van der Waals surface area contributed by atoms with Crippen LogP contribution in [0.15, 0.2) is 18.3 Å². The summed E-state index contributed by atoms with van der Waals surface area (Å²) in [7, 11) is 0. The van der Waals surface area contributed by atoms with E-state index < -0.39 is 0 Å². The smallest absolute Gasteiger partial charge is 0.220 e. The molecule has 2 aromatic rings. The first-order valence-electron chi connectivity index (χ1n) is 8.08. The molecule has 3 heterocycles. The number of anilines is 2. The molecule has 0 aliphatic carbocycles. The average Bonchev–Trinajstić information content (AvgIpc) is 3.01. The number of nitrogens with two attached hydrogens (primary N) is 1. The van der Waals surface area contributed by atoms with Gasteiger partial charge in [0.1, 0.15) is 0 Å². The molecular weight excluding hydrogens is 330 g/mol. The van der Waals surface area contributed by atoms with Gasteiger partial charge in [0.15, 0.2) is 0 Å². The molecule has 2 fully saturated rings. The van der Waals surface area contributed by atoms with Crippen LogP contribution in [-0.4, -0.2) is 71.5 Å². The van der Waals surface area contributed by atoms with Gasteiger partial charge in [-0.05, 0) is 12.1 Å². The fourth-order valence-electron chi connectivity index (χ4n) is 3.47. The molecule has 4 rings (SSSR count). The lowest BCUT2D eigenvalue weighted by Gasteiger charge is -2.39. The Bertz CT molecular complexity index is 751. The number of aliphatic hydroxyl groups excluding tert-OH is 1. The van der Waals surface area contributed by atoms with Crippen molar-refractivity contribution in [2.45, 2.75) is 12.1 Å². The van der Waals surface area contributed by atoms with Gasteiger partial charge < -0.3 is 20.5 Å². The van der Waals surface area contributed by atoms with Crippen molar-refractivity contribution in [3.8, 4) is 0 Å². The van der Waals surface area contributed by atoms with Crippen molar-refractivity contribution in [2.75, 3.05) is 50.0 Å². The number of nitrogens with zero attached hydrogens (tertiary/aromatic N) is 4. The molecule has 2 saturated heterocycles. The normalized spacial score (nSPS) is 25.5. The lowest BCUT2D eigenvalue weighted by Crippen LogP contribution is -2.53. The van der Waals surface area contributed by atoms with E-state index >= 15 is 0 Å². The van der Waals surface area contributed by atoms with Crippen LogP contribution in [0, 0.1) is 0 Å². The molecule has 0 amide bonds. The number of hydrogen-bond acceptors (Lipinski definition) is 7. The summed E-state index contributed by atoms with van der Waals surface area (Å²) in [5.41, 5.74) is 7.44. The fraction of sp³-hybridized carbons (Fsp3) is 0.500. The Morgan fingerprint density at radius 2 is 2.00 bits per heavy atom. The largest absolute Gasteiger partial charge is 0.389 e. The first-order valence-corrected chi connectivity index (χ1v) is 8.46. The first kappa shape index (κ1) is 15.8. The Kier molecular flexibility index (Phi) is 4.17. The van der Waals surface area contributed by atoms with Crippen molar-refractivity contribution in [3.05, 3.63) is 23.4 Å². The van der Waals surface area contributed by atoms with Crippen molar-refractivity contribution < 1.29 is 9.84 Å². The van der Waals surface area contributed by atoms with Crippen LogP contribution in [0.25, 0.3) is 10.9 Å². The van der Waals surface area contributed by atoms with Gasteiger partial charge in [-0.15, -0.1) is 0 Å². The molecule has 0 bridgehead atoms. The second-order valence-electron chi connectivity index (χ2n) is 6.29. The van der Waals surface area contributed by atoms with Gasteiger partial charge in [0.25, 0.3) is 0 Å². The maximum absolute atomic E-state index is 9.99. The fourth-order valence-corrected chi connectivity index (χ4v) is 3.76. The maximum atomic E-state index is 9.99. The van der Waals surface area contributed by atoms with Gasteiger partial charge >= 0.3 is 0 Å². The lowest BCUT2D eigenvalue weighted by atomic mass is 10.1. The minimum atomic E-state index is -0.388. The molecule has 3 N–H and O–H groups in total. The minimum absolute atomic E-state index is 0.103. The highest BCUT2D eigenvalue weighted by molar-refractivity contribution is 6.34. The van der Waals surface area contributed by atoms with E-state index in [1.54, 1.807) is 6.20 Å². The summed E-state index contributed by atoms with van der Waals surface area (Å²) in [5, 5.41) is 11.6. The SMILES string of the molecule is Nc1ncc2cc(Cl)c(N3CCN([C@H]4COC[C@H]4O)CC3)cc2n1. The van der Waals surface area contributed by atoms with E-state index in [4.69, 9.17) is 22.1 Å². The number of nitrogen functional groups attached to an aromatic ring is 1. The number of piperazine rings is 1. The van der Waals surface area contributed by atoms with Gasteiger partial charge in [-0.2, -0.15) is 0 Å². The highest BCUT2D eigenvalue weighted by atomic mass is 35.5. The summed E-state index contributed by atoms with van der Waals surface area (Å²) in [6.07, 6.45) is 1.30. The Morgan fingerprint density at radius 1 is 1.21 bits per heavy atom. The molecule has 2 aliphatic heterocycles. The van der Waals surface area contributed by atoms with E-state index in [1.807, 2.05) is 12.1 Å². The summed E-state index contributed by atoms with van der Waals surface area (Å²) in [4.78, 5) is 12.8. The maximum Gasteiger partial charge on any atom is 0.220 e. The van der Waals surface area contributed by atoms with Gasteiger partial charge in [0.05, 0.1) is 41.6 Å². The zero-order valence-electron chi connectivity index (χ0n) is 13.2. The van der Waals surface area contributed by atoms with Gasteiger partial charge in [-0.3, -0.25) is 4.90 Å². The number of hydrogen-bond donors (Lipinski definition) is 2. The molecule has 8 heteroatoms. The second kappa shape index (κ2) is 6.33. The van der Waals surface area contributed by atoms with Crippen molar-refractivity contribution in [3.63, 3.8) is 0 Å². The number of benzene rings is 1. The topological polar surface area (TPSA) is 87.7 Å². The van der Waals surface area contributed by atoms with Gasteiger partial charge in [-0.25, -0.2) is 9.97 Å². The average molecular weight is 350 g/mol. The van der Waals surface area contributed by atoms with Crippen molar-refractivity contribution in [1.29, 1.82) is 0 Å². The van der Waals surface area contributed by atoms with Crippen LogP contribution in [0.3, 0.4) is 0 Å². The van der Waals surface area contributed by atoms with Crippen LogP contribution in [0.1, 0.15) is 0 Å². The van der Waals surface area contributed by atoms with E-state index in [0.29, 0.717) is 18.2 Å². The number of aromatic nitrogens is 2. The van der Waals surface area contributed by atoms with Crippen LogP contribution in [0.5, 0.6) is 0 Å². The quantitative estimate of drug-likeness (QED) is 0.827. The van der Waals surface area contributed by atoms with Crippen LogP contribution < -0.4 is 10.6 Å². The summed E-state index contributed by atoms with van der Waals surface area (Å²) in [5.74, 6) is 0.260. The molecule has 2 atom stereocenters. The van der Waals surface area contributed by atoms with Crippen LogP contribution >= 0.6 is 11.6 Å². The molecule has 1 aromatic heterocycles. The number of aliphatic hydroxyl groups is 1. The van der Waals surface area contributed by atoms with E-state index in [2.05, 4.69) is 19.8 Å². The number of rotatable bonds is 2. The number of fused-ring (bicyclic) bond motifs is 1. The lowest BCUT2D eigenvalue weighted by molar-refractivity contribution is 0.0785. The van der Waals surface area contributed by atoms with Crippen LogP contribution in [0.2, 0.25) is 5.02 Å². The molecular formula is C16H20ClN5O2. The van der Waals surface area contributed by atoms with E-state index in [9.17, 15) is 5.11 Å². The summed E-state index contributed by atoms with van der Waals surface area (Å²) in [6, 6.07) is 3.96. The third kappa shape index (κ3) is 2.88. The highest BCUT2D eigenvalue weighted by Gasteiger charge is 2.33. The van der Waals surface area contributed by atoms with E-state index in [-0.39, 0.29) is 18.1 Å². The predicted molar refractivity (Wildman–Crippen MR) is 93.4 cm³/mol. The van der Waals surface area contributed by atoms with E-state index in [0.717, 1.165) is 42.8 Å². The van der Waals surface area contributed by atoms with Crippen molar-refractivity contribution in [1.82, 2.24) is 14.9 Å². The Balaban J connectivity index is 1.52. The van der Waals surface area contributed by atoms with Crippen molar-refractivity contribution in [2.24, 2.45) is 0 Å². The zero-order chi connectivity index (χ0) is 16.7. The second-order valence-corrected chi connectivity index (χ2v) is 6.69. The molecule has 2 aliphatic rings. The highest BCUT2D eigenvalue weighted by Crippen LogP contribution is 2.31. The molecule has 0 radical (unpaired) electrons. The summed E-state index contributed by atoms with van der Waals surface area (Å²) in [6.45, 7) is 4.46. The number of halogens is 1. The molecule has 1 aromatic carbocycles. The van der Waals surface area contributed by atoms with Gasteiger partial charge in [-0.1, -0.05) is 11.6 Å². The van der Waals surface area contributed by atoms with Crippen LogP contribution in [-0.2, 0) is 4.74 Å². The Morgan fingerprint density at radius 3 is 2.71 bits per heavy atom. The van der Waals surface area contributed by atoms with Crippen molar-refractivity contribution >= 4 is 34.1 Å². The number of ether oxygens (including phenoxy) is 1. The van der Waals surface area contributed by atoms with Crippen LogP contribution in [0.4, 0.5) is 11.6 Å². The Hall–Kier alpha value is -1.67. The third-order valence-electron chi connectivity index (χ3n) is 4.81.